The van der Waals surface area contributed by atoms with Gasteiger partial charge in [0.25, 0.3) is 0 Å². The number of aryl methyl sites for hydroxylation is 1. The first-order valence-electron chi connectivity index (χ1n) is 8.08. The number of aliphatic hydroxyl groups excluding tert-OH is 3. The number of hydrogen-bond acceptors (Lipinski definition) is 10. The van der Waals surface area contributed by atoms with E-state index in [1.54, 1.807) is 13.0 Å². The molecule has 12 heteroatoms. The molecule has 1 aromatic carbocycles. The van der Waals surface area contributed by atoms with E-state index in [0.29, 0.717) is 10.9 Å². The smallest absolute Gasteiger partial charge is 0.397 e. The van der Waals surface area contributed by atoms with E-state index in [-0.39, 0.29) is 11.3 Å². The van der Waals surface area contributed by atoms with Crippen LogP contribution in [-0.4, -0.2) is 65.6 Å². The Labute approximate surface area is 158 Å². The summed E-state index contributed by atoms with van der Waals surface area (Å²) in [5, 5.41) is 30.6. The molecule has 0 radical (unpaired) electrons. The van der Waals surface area contributed by atoms with Crippen LogP contribution < -0.4 is 10.4 Å². The molecule has 1 aliphatic heterocycles. The molecular formula is C16H18O11S. The second-order valence-electron chi connectivity index (χ2n) is 6.25. The van der Waals surface area contributed by atoms with Gasteiger partial charge in [-0.3, -0.25) is 4.55 Å². The van der Waals surface area contributed by atoms with Gasteiger partial charge in [0.2, 0.25) is 6.29 Å². The highest BCUT2D eigenvalue weighted by Crippen LogP contribution is 2.27. The summed E-state index contributed by atoms with van der Waals surface area (Å²) in [4.78, 5) is 11.5. The Bertz CT molecular complexity index is 1010. The van der Waals surface area contributed by atoms with Crippen molar-refractivity contribution in [1.29, 1.82) is 0 Å². The number of fused-ring (bicyclic) bond motifs is 1. The molecule has 1 saturated heterocycles. The van der Waals surface area contributed by atoms with Gasteiger partial charge in [-0.1, -0.05) is 0 Å². The van der Waals surface area contributed by atoms with Crippen LogP contribution in [0.25, 0.3) is 11.0 Å². The Kier molecular flexibility index (Phi) is 5.72. The van der Waals surface area contributed by atoms with Crippen LogP contribution in [-0.2, 0) is 19.3 Å². The predicted octanol–water partition coefficient (Wildman–Crippen LogP) is -0.893. The lowest BCUT2D eigenvalue weighted by atomic mass is 9.99. The molecule has 28 heavy (non-hydrogen) atoms. The van der Waals surface area contributed by atoms with Gasteiger partial charge in [-0.2, -0.15) is 8.42 Å². The molecule has 1 aromatic heterocycles. The SMILES string of the molecule is Cc1cc(=O)oc2cc(O[C@H]3O[C@@H](COS(=O)(=O)O)[C@@H](O)[C@@H](O)[C@@H]3O)ccc12. The minimum absolute atomic E-state index is 0.114. The van der Waals surface area contributed by atoms with Crippen molar-refractivity contribution >= 4 is 21.4 Å². The summed E-state index contributed by atoms with van der Waals surface area (Å²) in [7, 11) is -4.80. The molecule has 3 rings (SSSR count). The van der Waals surface area contributed by atoms with Crippen molar-refractivity contribution in [3.8, 4) is 5.75 Å². The van der Waals surface area contributed by atoms with Crippen molar-refractivity contribution in [2.45, 2.75) is 37.6 Å². The number of benzene rings is 1. The lowest BCUT2D eigenvalue weighted by molar-refractivity contribution is -0.276. The largest absolute Gasteiger partial charge is 0.462 e. The maximum atomic E-state index is 11.5. The summed E-state index contributed by atoms with van der Waals surface area (Å²) in [5.41, 5.74) is 0.351. The maximum absolute atomic E-state index is 11.5. The molecule has 1 fully saturated rings. The minimum Gasteiger partial charge on any atom is -0.462 e. The summed E-state index contributed by atoms with van der Waals surface area (Å²) in [6, 6.07) is 5.82. The third-order valence-electron chi connectivity index (χ3n) is 4.22. The van der Waals surface area contributed by atoms with Crippen molar-refractivity contribution < 1.29 is 46.4 Å². The van der Waals surface area contributed by atoms with Crippen molar-refractivity contribution in [3.05, 3.63) is 40.2 Å². The van der Waals surface area contributed by atoms with Crippen LogP contribution >= 0.6 is 0 Å². The number of hydrogen-bond donors (Lipinski definition) is 4. The highest BCUT2D eigenvalue weighted by Gasteiger charge is 2.45. The average molecular weight is 418 g/mol. The number of aliphatic hydroxyl groups is 3. The molecule has 1 aliphatic rings. The number of rotatable bonds is 5. The van der Waals surface area contributed by atoms with Gasteiger partial charge in [0.05, 0.1) is 6.61 Å². The Morgan fingerprint density at radius 1 is 1.11 bits per heavy atom. The summed E-state index contributed by atoms with van der Waals surface area (Å²) >= 11 is 0. The van der Waals surface area contributed by atoms with E-state index >= 15 is 0 Å². The molecule has 154 valence electrons. The first-order valence-corrected chi connectivity index (χ1v) is 9.44. The van der Waals surface area contributed by atoms with Crippen LogP contribution in [0.5, 0.6) is 5.75 Å². The summed E-state index contributed by atoms with van der Waals surface area (Å²) in [6.07, 6.45) is -8.06. The van der Waals surface area contributed by atoms with Crippen molar-refractivity contribution in [2.24, 2.45) is 0 Å². The molecule has 0 amide bonds. The highest BCUT2D eigenvalue weighted by molar-refractivity contribution is 7.80. The van der Waals surface area contributed by atoms with Crippen LogP contribution in [0.3, 0.4) is 0 Å². The fraction of sp³-hybridized carbons (Fsp3) is 0.438. The molecular weight excluding hydrogens is 400 g/mol. The monoisotopic (exact) mass is 418 g/mol. The quantitative estimate of drug-likeness (QED) is 0.350. The zero-order chi connectivity index (χ0) is 20.6. The number of ether oxygens (including phenoxy) is 2. The molecule has 0 bridgehead atoms. The van der Waals surface area contributed by atoms with Crippen LogP contribution in [0.4, 0.5) is 0 Å². The normalized spacial score (nSPS) is 28.4. The Morgan fingerprint density at radius 2 is 1.82 bits per heavy atom. The van der Waals surface area contributed by atoms with Gasteiger partial charge < -0.3 is 29.2 Å². The van der Waals surface area contributed by atoms with E-state index < -0.39 is 53.3 Å². The molecule has 0 spiro atoms. The molecule has 2 heterocycles. The molecule has 5 atom stereocenters. The van der Waals surface area contributed by atoms with E-state index in [9.17, 15) is 28.5 Å². The fourth-order valence-corrected chi connectivity index (χ4v) is 3.12. The fourth-order valence-electron chi connectivity index (χ4n) is 2.82. The van der Waals surface area contributed by atoms with Gasteiger partial charge >= 0.3 is 16.0 Å². The van der Waals surface area contributed by atoms with Crippen molar-refractivity contribution in [1.82, 2.24) is 0 Å². The van der Waals surface area contributed by atoms with E-state index in [4.69, 9.17) is 18.4 Å². The third-order valence-corrected chi connectivity index (χ3v) is 4.66. The second kappa shape index (κ2) is 7.75. The maximum Gasteiger partial charge on any atom is 0.397 e. The third kappa shape index (κ3) is 4.50. The standard InChI is InChI=1S/C16H18O11S/c1-7-4-12(17)26-10-5-8(2-3-9(7)10)25-16-15(20)14(19)13(18)11(27-16)6-24-28(21,22)23/h2-5,11,13-16,18-20H,6H2,1H3,(H,21,22,23)/t11-,13+,14+,15-,16-/m0/s1. The first-order chi connectivity index (χ1) is 13.0. The van der Waals surface area contributed by atoms with E-state index in [2.05, 4.69) is 4.18 Å². The average Bonchev–Trinajstić information content (AvgIpc) is 2.60. The zero-order valence-electron chi connectivity index (χ0n) is 14.5. The van der Waals surface area contributed by atoms with Crippen molar-refractivity contribution in [3.63, 3.8) is 0 Å². The first kappa shape index (κ1) is 20.7. The lowest BCUT2D eigenvalue weighted by Crippen LogP contribution is -2.60. The topological polar surface area (TPSA) is 173 Å². The second-order valence-corrected chi connectivity index (χ2v) is 7.34. The zero-order valence-corrected chi connectivity index (χ0v) is 15.3. The minimum atomic E-state index is -4.80. The Hall–Kier alpha value is -2.06. The van der Waals surface area contributed by atoms with Crippen LogP contribution in [0.2, 0.25) is 0 Å². The van der Waals surface area contributed by atoms with Crippen LogP contribution in [0.1, 0.15) is 5.56 Å². The highest BCUT2D eigenvalue weighted by atomic mass is 32.3. The van der Waals surface area contributed by atoms with Gasteiger partial charge in [0.1, 0.15) is 35.7 Å². The molecule has 2 aromatic rings. The van der Waals surface area contributed by atoms with Gasteiger partial charge in [0, 0.05) is 17.5 Å². The molecule has 11 nitrogen and oxygen atoms in total. The molecule has 4 N–H and O–H groups in total. The van der Waals surface area contributed by atoms with Gasteiger partial charge in [-0.25, -0.2) is 8.98 Å². The molecule has 0 saturated carbocycles. The predicted molar refractivity (Wildman–Crippen MR) is 92.0 cm³/mol. The van der Waals surface area contributed by atoms with Gasteiger partial charge in [-0.05, 0) is 24.6 Å². The molecule has 0 aliphatic carbocycles. The summed E-state index contributed by atoms with van der Waals surface area (Å²) in [5.74, 6) is 0.114. The summed E-state index contributed by atoms with van der Waals surface area (Å²) in [6.45, 7) is 0.904. The van der Waals surface area contributed by atoms with E-state index in [1.165, 1.54) is 18.2 Å². The van der Waals surface area contributed by atoms with E-state index in [1.807, 2.05) is 0 Å². The lowest BCUT2D eigenvalue weighted by Gasteiger charge is -2.39. The molecule has 0 unspecified atom stereocenters. The van der Waals surface area contributed by atoms with Gasteiger partial charge in [-0.15, -0.1) is 0 Å². The van der Waals surface area contributed by atoms with Crippen LogP contribution in [0.15, 0.2) is 33.5 Å². The van der Waals surface area contributed by atoms with Gasteiger partial charge in [0.15, 0.2) is 0 Å². The Morgan fingerprint density at radius 3 is 2.50 bits per heavy atom. The van der Waals surface area contributed by atoms with Crippen molar-refractivity contribution in [2.75, 3.05) is 6.61 Å². The Balaban J connectivity index is 1.81. The summed E-state index contributed by atoms with van der Waals surface area (Å²) < 4.78 is 50.0. The van der Waals surface area contributed by atoms with Crippen LogP contribution in [0, 0.1) is 6.92 Å². The van der Waals surface area contributed by atoms with E-state index in [0.717, 1.165) is 0 Å².